The van der Waals surface area contributed by atoms with E-state index in [2.05, 4.69) is 10.2 Å². The van der Waals surface area contributed by atoms with Gasteiger partial charge in [-0.05, 0) is 25.5 Å². The first-order valence-corrected chi connectivity index (χ1v) is 9.72. The van der Waals surface area contributed by atoms with Crippen molar-refractivity contribution >= 4 is 17.5 Å². The predicted octanol–water partition coefficient (Wildman–Crippen LogP) is 0.854. The maximum Gasteiger partial charge on any atom is 0.228 e. The Kier molecular flexibility index (Phi) is 4.96. The van der Waals surface area contributed by atoms with Gasteiger partial charge in [0.1, 0.15) is 0 Å². The molecule has 0 aliphatic carbocycles. The van der Waals surface area contributed by atoms with Gasteiger partial charge in [0.15, 0.2) is 0 Å². The molecule has 4 rings (SSSR count). The van der Waals surface area contributed by atoms with Gasteiger partial charge in [0.25, 0.3) is 0 Å². The molecule has 26 heavy (non-hydrogen) atoms. The summed E-state index contributed by atoms with van der Waals surface area (Å²) in [6, 6.07) is 8.44. The lowest BCUT2D eigenvalue weighted by Gasteiger charge is -2.32. The number of anilines is 1. The van der Waals surface area contributed by atoms with Crippen molar-refractivity contribution in [1.82, 2.24) is 15.1 Å². The molecular weight excluding hydrogens is 328 g/mol. The van der Waals surface area contributed by atoms with E-state index >= 15 is 0 Å². The van der Waals surface area contributed by atoms with Crippen molar-refractivity contribution in [2.24, 2.45) is 5.92 Å². The molecule has 6 heteroatoms. The summed E-state index contributed by atoms with van der Waals surface area (Å²) < 4.78 is 0. The second-order valence-corrected chi connectivity index (χ2v) is 7.75. The van der Waals surface area contributed by atoms with Crippen molar-refractivity contribution in [3.63, 3.8) is 0 Å². The van der Waals surface area contributed by atoms with Crippen molar-refractivity contribution in [1.29, 1.82) is 0 Å². The number of piperazine rings is 1. The SMILES string of the molecule is Cc1ccc(N2CC(C(=O)N3CCC(N4CCNCC4)C3)CC2=O)cc1. The van der Waals surface area contributed by atoms with Crippen LogP contribution in [0.5, 0.6) is 0 Å². The van der Waals surface area contributed by atoms with Crippen LogP contribution in [0, 0.1) is 12.8 Å². The Morgan fingerprint density at radius 1 is 1.08 bits per heavy atom. The average molecular weight is 356 g/mol. The normalized spacial score (nSPS) is 27.3. The minimum atomic E-state index is -0.203. The molecule has 0 saturated carbocycles. The molecule has 0 spiro atoms. The number of nitrogens with zero attached hydrogens (tertiary/aromatic N) is 3. The molecule has 140 valence electrons. The van der Waals surface area contributed by atoms with Crippen molar-refractivity contribution < 1.29 is 9.59 Å². The summed E-state index contributed by atoms with van der Waals surface area (Å²) in [7, 11) is 0. The van der Waals surface area contributed by atoms with E-state index < -0.39 is 0 Å². The number of hydrogen-bond donors (Lipinski definition) is 1. The maximum absolute atomic E-state index is 13.0. The Balaban J connectivity index is 1.36. The van der Waals surface area contributed by atoms with Gasteiger partial charge in [-0.2, -0.15) is 0 Å². The number of nitrogens with one attached hydrogen (secondary N) is 1. The van der Waals surface area contributed by atoms with Gasteiger partial charge in [0.2, 0.25) is 11.8 Å². The minimum absolute atomic E-state index is 0.0602. The number of hydrogen-bond acceptors (Lipinski definition) is 4. The zero-order chi connectivity index (χ0) is 18.1. The molecular formula is C20H28N4O2. The van der Waals surface area contributed by atoms with Crippen molar-refractivity contribution in [2.45, 2.75) is 25.8 Å². The number of likely N-dealkylation sites (tertiary alicyclic amines) is 1. The first-order chi connectivity index (χ1) is 12.6. The van der Waals surface area contributed by atoms with E-state index in [1.165, 1.54) is 5.56 Å². The van der Waals surface area contributed by atoms with Gasteiger partial charge in [-0.15, -0.1) is 0 Å². The fourth-order valence-electron chi connectivity index (χ4n) is 4.39. The molecule has 2 unspecified atom stereocenters. The van der Waals surface area contributed by atoms with Gasteiger partial charge in [-0.1, -0.05) is 17.7 Å². The molecule has 1 aromatic rings. The van der Waals surface area contributed by atoms with Crippen LogP contribution in [-0.2, 0) is 9.59 Å². The third kappa shape index (κ3) is 3.48. The van der Waals surface area contributed by atoms with Crippen LogP contribution in [0.25, 0.3) is 0 Å². The van der Waals surface area contributed by atoms with E-state index in [0.717, 1.165) is 51.4 Å². The van der Waals surface area contributed by atoms with Crippen LogP contribution in [0.2, 0.25) is 0 Å². The number of carbonyl (C=O) groups excluding carboxylic acids is 2. The zero-order valence-corrected chi connectivity index (χ0v) is 15.5. The number of amides is 2. The largest absolute Gasteiger partial charge is 0.341 e. The first kappa shape index (κ1) is 17.5. The molecule has 1 aromatic carbocycles. The molecule has 3 saturated heterocycles. The first-order valence-electron chi connectivity index (χ1n) is 9.72. The van der Waals surface area contributed by atoms with Crippen LogP contribution < -0.4 is 10.2 Å². The highest BCUT2D eigenvalue weighted by Crippen LogP contribution is 2.28. The van der Waals surface area contributed by atoms with Crippen molar-refractivity contribution in [2.75, 3.05) is 50.7 Å². The number of rotatable bonds is 3. The molecule has 0 bridgehead atoms. The molecule has 3 fully saturated rings. The topological polar surface area (TPSA) is 55.9 Å². The van der Waals surface area contributed by atoms with Crippen LogP contribution in [0.1, 0.15) is 18.4 Å². The lowest BCUT2D eigenvalue weighted by atomic mass is 10.1. The van der Waals surface area contributed by atoms with E-state index in [1.54, 1.807) is 4.90 Å². The second kappa shape index (κ2) is 7.37. The highest BCUT2D eigenvalue weighted by atomic mass is 16.2. The summed E-state index contributed by atoms with van der Waals surface area (Å²) in [6.45, 7) is 8.38. The second-order valence-electron chi connectivity index (χ2n) is 7.75. The van der Waals surface area contributed by atoms with Gasteiger partial charge in [0, 0.05) is 64.0 Å². The average Bonchev–Trinajstić information content (AvgIpc) is 3.30. The van der Waals surface area contributed by atoms with Crippen LogP contribution in [0.15, 0.2) is 24.3 Å². The third-order valence-electron chi connectivity index (χ3n) is 5.96. The fraction of sp³-hybridized carbons (Fsp3) is 0.600. The fourth-order valence-corrected chi connectivity index (χ4v) is 4.39. The van der Waals surface area contributed by atoms with Crippen LogP contribution in [0.3, 0.4) is 0 Å². The Hall–Kier alpha value is -1.92. The van der Waals surface area contributed by atoms with Gasteiger partial charge < -0.3 is 15.1 Å². The molecule has 2 amide bonds. The summed E-state index contributed by atoms with van der Waals surface area (Å²) in [4.78, 5) is 31.7. The summed E-state index contributed by atoms with van der Waals surface area (Å²) in [6.07, 6.45) is 1.38. The van der Waals surface area contributed by atoms with Gasteiger partial charge in [-0.25, -0.2) is 0 Å². The van der Waals surface area contributed by atoms with Gasteiger partial charge in [0.05, 0.1) is 5.92 Å². The molecule has 2 atom stereocenters. The standard InChI is InChI=1S/C20H28N4O2/c1-15-2-4-17(5-3-15)24-13-16(12-19(24)25)20(26)23-9-6-18(14-23)22-10-7-21-8-11-22/h2-5,16,18,21H,6-14H2,1H3. The maximum atomic E-state index is 13.0. The highest BCUT2D eigenvalue weighted by molar-refractivity contribution is 6.00. The van der Waals surface area contributed by atoms with Crippen LogP contribution in [0.4, 0.5) is 5.69 Å². The van der Waals surface area contributed by atoms with Crippen molar-refractivity contribution in [3.05, 3.63) is 29.8 Å². The molecule has 1 N–H and O–H groups in total. The van der Waals surface area contributed by atoms with Gasteiger partial charge in [-0.3, -0.25) is 14.5 Å². The Bertz CT molecular complexity index is 669. The van der Waals surface area contributed by atoms with E-state index in [1.807, 2.05) is 36.1 Å². The van der Waals surface area contributed by atoms with E-state index in [-0.39, 0.29) is 17.7 Å². The highest BCUT2D eigenvalue weighted by Gasteiger charge is 2.40. The van der Waals surface area contributed by atoms with Crippen LogP contribution in [-0.4, -0.2) is 73.5 Å². The van der Waals surface area contributed by atoms with Gasteiger partial charge >= 0.3 is 0 Å². The Morgan fingerprint density at radius 3 is 2.54 bits per heavy atom. The lowest BCUT2D eigenvalue weighted by molar-refractivity contribution is -0.135. The summed E-state index contributed by atoms with van der Waals surface area (Å²) in [5.41, 5.74) is 2.07. The molecule has 3 aliphatic heterocycles. The quantitative estimate of drug-likeness (QED) is 0.873. The summed E-state index contributed by atoms with van der Waals surface area (Å²) >= 11 is 0. The smallest absolute Gasteiger partial charge is 0.228 e. The van der Waals surface area contributed by atoms with E-state index in [4.69, 9.17) is 0 Å². The number of benzene rings is 1. The Labute approximate surface area is 155 Å². The number of carbonyl (C=O) groups is 2. The minimum Gasteiger partial charge on any atom is -0.341 e. The zero-order valence-electron chi connectivity index (χ0n) is 15.5. The van der Waals surface area contributed by atoms with E-state index in [0.29, 0.717) is 19.0 Å². The third-order valence-corrected chi connectivity index (χ3v) is 5.96. The molecule has 6 nitrogen and oxygen atoms in total. The molecule has 3 aliphatic rings. The molecule has 3 heterocycles. The van der Waals surface area contributed by atoms with Crippen LogP contribution >= 0.6 is 0 Å². The summed E-state index contributed by atoms with van der Waals surface area (Å²) in [5, 5.41) is 3.38. The summed E-state index contributed by atoms with van der Waals surface area (Å²) in [5.74, 6) is 0.0150. The molecule has 0 aromatic heterocycles. The lowest BCUT2D eigenvalue weighted by Crippen LogP contribution is -2.49. The molecule has 0 radical (unpaired) electrons. The number of aryl methyl sites for hydroxylation is 1. The Morgan fingerprint density at radius 2 is 1.81 bits per heavy atom. The van der Waals surface area contributed by atoms with Crippen molar-refractivity contribution in [3.8, 4) is 0 Å². The van der Waals surface area contributed by atoms with E-state index in [9.17, 15) is 9.59 Å². The monoisotopic (exact) mass is 356 g/mol. The predicted molar refractivity (Wildman–Crippen MR) is 101 cm³/mol.